The molecule has 2 atom stereocenters. The highest BCUT2D eigenvalue weighted by molar-refractivity contribution is 7.09. The molecule has 1 aromatic heterocycles. The molecular formula is C26H40N2O6S. The van der Waals surface area contributed by atoms with E-state index in [1.165, 1.54) is 16.9 Å². The van der Waals surface area contributed by atoms with Crippen molar-refractivity contribution in [2.75, 3.05) is 27.3 Å². The summed E-state index contributed by atoms with van der Waals surface area (Å²) >= 11 is 1.64. The second kappa shape index (κ2) is 16.1. The summed E-state index contributed by atoms with van der Waals surface area (Å²) < 4.78 is 10.6. The predicted octanol–water partition coefficient (Wildman–Crippen LogP) is 3.17. The van der Waals surface area contributed by atoms with Crippen molar-refractivity contribution in [1.82, 2.24) is 10.2 Å². The van der Waals surface area contributed by atoms with E-state index in [-0.39, 0.29) is 6.54 Å². The number of hydrogen-bond acceptors (Lipinski definition) is 7. The van der Waals surface area contributed by atoms with Gasteiger partial charge in [-0.25, -0.2) is 0 Å². The number of hydrogen-bond donors (Lipinski definition) is 3. The fraction of sp³-hybridized carbons (Fsp3) is 0.538. The first-order chi connectivity index (χ1) is 16.9. The Hall–Kier alpha value is -2.62. The third-order valence-electron chi connectivity index (χ3n) is 5.33. The molecule has 0 aliphatic carbocycles. The topological polar surface area (TPSA) is 108 Å². The Morgan fingerprint density at radius 3 is 2.26 bits per heavy atom. The summed E-state index contributed by atoms with van der Waals surface area (Å²) in [6.07, 6.45) is -1.55. The first kappa shape index (κ1) is 30.4. The van der Waals surface area contributed by atoms with Crippen LogP contribution in [0.4, 0.5) is 0 Å². The van der Waals surface area contributed by atoms with E-state index in [0.29, 0.717) is 37.4 Å². The number of benzene rings is 1. The standard InChI is InChI=1S/C22H28N2O6S.2C2H6/c1-29-17-11-14-7-9-24(13-15(14)12-18(17)30-2)22(28)20(26)19(25)21(27)23-8-3-5-16-6-4-10-31-16;2*1-2/h4,6,10-12,19-20,25-26H,3,5,7-9,13H2,1-2H3,(H,23,27);2*1-2H3. The minimum atomic E-state index is -1.82. The number of methoxy groups -OCH3 is 2. The average molecular weight is 509 g/mol. The fourth-order valence-electron chi connectivity index (χ4n) is 3.57. The third kappa shape index (κ3) is 8.52. The van der Waals surface area contributed by atoms with E-state index in [2.05, 4.69) is 5.32 Å². The third-order valence-corrected chi connectivity index (χ3v) is 6.27. The van der Waals surface area contributed by atoms with E-state index in [9.17, 15) is 19.8 Å². The Bertz CT molecular complexity index is 903. The lowest BCUT2D eigenvalue weighted by molar-refractivity contribution is -0.153. The molecule has 196 valence electrons. The molecule has 3 rings (SSSR count). The van der Waals surface area contributed by atoms with Crippen LogP contribution in [0.2, 0.25) is 0 Å². The van der Waals surface area contributed by atoms with Gasteiger partial charge < -0.3 is 29.9 Å². The smallest absolute Gasteiger partial charge is 0.255 e. The Balaban J connectivity index is 0.00000145. The number of fused-ring (bicyclic) bond motifs is 1. The molecule has 9 heteroatoms. The van der Waals surface area contributed by atoms with Crippen LogP contribution < -0.4 is 14.8 Å². The van der Waals surface area contributed by atoms with Gasteiger partial charge in [0.25, 0.3) is 11.8 Å². The zero-order valence-electron chi connectivity index (χ0n) is 21.7. The minimum absolute atomic E-state index is 0.251. The van der Waals surface area contributed by atoms with Gasteiger partial charge in [0.1, 0.15) is 0 Å². The van der Waals surface area contributed by atoms with Crippen molar-refractivity contribution < 1.29 is 29.3 Å². The molecule has 0 fully saturated rings. The van der Waals surface area contributed by atoms with Crippen LogP contribution >= 0.6 is 11.3 Å². The summed E-state index contributed by atoms with van der Waals surface area (Å²) in [7, 11) is 3.10. The quantitative estimate of drug-likeness (QED) is 0.449. The second-order valence-electron chi connectivity index (χ2n) is 7.35. The lowest BCUT2D eigenvalue weighted by Crippen LogP contribution is -2.51. The maximum absolute atomic E-state index is 12.7. The maximum Gasteiger partial charge on any atom is 0.255 e. The van der Waals surface area contributed by atoms with Crippen molar-refractivity contribution in [3.63, 3.8) is 0 Å². The van der Waals surface area contributed by atoms with Crippen LogP contribution in [-0.2, 0) is 29.0 Å². The highest BCUT2D eigenvalue weighted by Gasteiger charge is 2.34. The number of ether oxygens (including phenoxy) is 2. The van der Waals surface area contributed by atoms with E-state index in [1.54, 1.807) is 24.5 Å². The molecule has 0 radical (unpaired) electrons. The molecule has 1 aromatic carbocycles. The Kier molecular flexibility index (Phi) is 14.0. The van der Waals surface area contributed by atoms with E-state index in [0.717, 1.165) is 17.5 Å². The van der Waals surface area contributed by atoms with E-state index in [1.807, 2.05) is 51.3 Å². The van der Waals surface area contributed by atoms with Gasteiger partial charge >= 0.3 is 0 Å². The number of carbonyl (C=O) groups excluding carboxylic acids is 2. The van der Waals surface area contributed by atoms with Gasteiger partial charge in [0, 0.05) is 24.5 Å². The number of nitrogens with zero attached hydrogens (tertiary/aromatic N) is 1. The number of nitrogens with one attached hydrogen (secondary N) is 1. The van der Waals surface area contributed by atoms with Crippen molar-refractivity contribution in [3.8, 4) is 11.5 Å². The van der Waals surface area contributed by atoms with Gasteiger partial charge in [0.05, 0.1) is 14.2 Å². The molecule has 3 N–H and O–H groups in total. The highest BCUT2D eigenvalue weighted by Crippen LogP contribution is 2.33. The highest BCUT2D eigenvalue weighted by atomic mass is 32.1. The van der Waals surface area contributed by atoms with Crippen molar-refractivity contribution in [2.45, 2.75) is 65.7 Å². The van der Waals surface area contributed by atoms with Crippen molar-refractivity contribution in [2.24, 2.45) is 0 Å². The summed E-state index contributed by atoms with van der Waals surface area (Å²) in [5, 5.41) is 25.0. The summed E-state index contributed by atoms with van der Waals surface area (Å²) in [5.74, 6) is -0.261. The summed E-state index contributed by atoms with van der Waals surface area (Å²) in [6.45, 7) is 8.97. The predicted molar refractivity (Wildman–Crippen MR) is 139 cm³/mol. The molecule has 1 aliphatic heterocycles. The molecule has 2 unspecified atom stereocenters. The van der Waals surface area contributed by atoms with E-state index < -0.39 is 24.0 Å². The first-order valence-corrected chi connectivity index (χ1v) is 13.0. The number of aliphatic hydroxyl groups is 2. The van der Waals surface area contributed by atoms with Gasteiger partial charge in [0.15, 0.2) is 23.7 Å². The zero-order chi connectivity index (χ0) is 26.4. The van der Waals surface area contributed by atoms with Gasteiger partial charge in [-0.2, -0.15) is 0 Å². The first-order valence-electron chi connectivity index (χ1n) is 12.1. The molecule has 2 aromatic rings. The Morgan fingerprint density at radius 1 is 1.06 bits per heavy atom. The lowest BCUT2D eigenvalue weighted by atomic mass is 9.98. The zero-order valence-corrected chi connectivity index (χ0v) is 22.5. The van der Waals surface area contributed by atoms with Crippen LogP contribution in [0.3, 0.4) is 0 Å². The van der Waals surface area contributed by atoms with Gasteiger partial charge in [0.2, 0.25) is 0 Å². The SMILES string of the molecule is CC.CC.COc1cc2c(cc1OC)CN(C(=O)C(O)C(O)C(=O)NCCCc1cccs1)CC2. The van der Waals surface area contributed by atoms with Crippen LogP contribution in [0.15, 0.2) is 29.6 Å². The maximum atomic E-state index is 12.7. The van der Waals surface area contributed by atoms with Crippen molar-refractivity contribution in [1.29, 1.82) is 0 Å². The molecule has 0 saturated carbocycles. The van der Waals surface area contributed by atoms with Crippen LogP contribution in [0.25, 0.3) is 0 Å². The van der Waals surface area contributed by atoms with E-state index >= 15 is 0 Å². The van der Waals surface area contributed by atoms with Gasteiger partial charge in [-0.15, -0.1) is 11.3 Å². The molecule has 8 nitrogen and oxygen atoms in total. The largest absolute Gasteiger partial charge is 0.493 e. The van der Waals surface area contributed by atoms with E-state index in [4.69, 9.17) is 9.47 Å². The van der Waals surface area contributed by atoms with Crippen molar-refractivity contribution in [3.05, 3.63) is 45.6 Å². The van der Waals surface area contributed by atoms with Crippen LogP contribution in [0, 0.1) is 0 Å². The van der Waals surface area contributed by atoms with Gasteiger partial charge in [-0.3, -0.25) is 9.59 Å². The molecule has 0 saturated heterocycles. The second-order valence-corrected chi connectivity index (χ2v) is 8.38. The minimum Gasteiger partial charge on any atom is -0.493 e. The number of aryl methyl sites for hydroxylation is 1. The summed E-state index contributed by atoms with van der Waals surface area (Å²) in [4.78, 5) is 27.5. The summed E-state index contributed by atoms with van der Waals surface area (Å²) in [6, 6.07) is 7.67. The van der Waals surface area contributed by atoms with Gasteiger partial charge in [-0.1, -0.05) is 33.8 Å². The number of carbonyl (C=O) groups is 2. The fourth-order valence-corrected chi connectivity index (χ4v) is 4.32. The van der Waals surface area contributed by atoms with Crippen LogP contribution in [0.5, 0.6) is 11.5 Å². The lowest BCUT2D eigenvalue weighted by Gasteiger charge is -2.31. The number of aliphatic hydroxyl groups excluding tert-OH is 2. The molecule has 2 heterocycles. The number of thiophene rings is 1. The Labute approximate surface area is 212 Å². The van der Waals surface area contributed by atoms with Gasteiger partial charge in [-0.05, 0) is 54.0 Å². The molecule has 35 heavy (non-hydrogen) atoms. The Morgan fingerprint density at radius 2 is 1.69 bits per heavy atom. The van der Waals surface area contributed by atoms with Crippen LogP contribution in [-0.4, -0.2) is 66.4 Å². The van der Waals surface area contributed by atoms with Crippen LogP contribution in [0.1, 0.15) is 50.1 Å². The average Bonchev–Trinajstić information content (AvgIpc) is 3.44. The number of amides is 2. The summed E-state index contributed by atoms with van der Waals surface area (Å²) in [5.41, 5.74) is 1.90. The molecule has 0 bridgehead atoms. The monoisotopic (exact) mass is 508 g/mol. The number of rotatable bonds is 9. The normalized spacial score (nSPS) is 13.7. The molecule has 1 aliphatic rings. The molecule has 2 amide bonds. The molecular weight excluding hydrogens is 468 g/mol. The van der Waals surface area contributed by atoms with Crippen molar-refractivity contribution >= 4 is 23.2 Å². The molecule has 0 spiro atoms.